The zero-order valence-corrected chi connectivity index (χ0v) is 14.5. The molecule has 1 aliphatic rings. The lowest BCUT2D eigenvalue weighted by atomic mass is 10.2. The van der Waals surface area contributed by atoms with Gasteiger partial charge < -0.3 is 4.74 Å². The maximum Gasteiger partial charge on any atom is 0.338 e. The number of carbonyl (C=O) groups excluding carboxylic acids is 3. The number of amides is 2. The van der Waals surface area contributed by atoms with E-state index in [2.05, 4.69) is 0 Å². The van der Waals surface area contributed by atoms with Gasteiger partial charge in [0.05, 0.1) is 21.3 Å². The van der Waals surface area contributed by atoms with Crippen LogP contribution in [0.25, 0.3) is 0 Å². The molecule has 0 bridgehead atoms. The molecule has 0 N–H and O–H groups in total. The number of hydrogen-bond acceptors (Lipinski definition) is 4. The zero-order chi connectivity index (χ0) is 18.0. The van der Waals surface area contributed by atoms with Crippen LogP contribution in [0.3, 0.4) is 0 Å². The minimum Gasteiger partial charge on any atom is -0.457 e. The van der Waals surface area contributed by atoms with Crippen molar-refractivity contribution in [2.75, 3.05) is 4.90 Å². The number of esters is 1. The van der Waals surface area contributed by atoms with Crippen molar-refractivity contribution in [1.29, 1.82) is 0 Å². The van der Waals surface area contributed by atoms with Crippen LogP contribution in [0.5, 0.6) is 0 Å². The second-order valence-corrected chi connectivity index (χ2v) is 6.31. The second kappa shape index (κ2) is 7.25. The van der Waals surface area contributed by atoms with E-state index < -0.39 is 5.97 Å². The highest BCUT2D eigenvalue weighted by Gasteiger charge is 2.30. The number of imide groups is 1. The number of benzene rings is 2. The zero-order valence-electron chi connectivity index (χ0n) is 13.0. The molecule has 2 aromatic rings. The molecular weight excluding hydrogens is 365 g/mol. The third-order valence-corrected chi connectivity index (χ3v) is 4.51. The average Bonchev–Trinajstić information content (AvgIpc) is 2.94. The summed E-state index contributed by atoms with van der Waals surface area (Å²) in [5.41, 5.74) is 1.49. The Hall–Kier alpha value is -2.37. The van der Waals surface area contributed by atoms with Crippen LogP contribution in [0.1, 0.15) is 28.8 Å². The van der Waals surface area contributed by atoms with Crippen molar-refractivity contribution in [3.05, 3.63) is 63.6 Å². The van der Waals surface area contributed by atoms with Gasteiger partial charge in [0, 0.05) is 12.8 Å². The van der Waals surface area contributed by atoms with Crippen molar-refractivity contribution in [2.24, 2.45) is 0 Å². The number of rotatable bonds is 4. The number of halogens is 2. The largest absolute Gasteiger partial charge is 0.457 e. The summed E-state index contributed by atoms with van der Waals surface area (Å²) >= 11 is 11.8. The van der Waals surface area contributed by atoms with Crippen molar-refractivity contribution in [1.82, 2.24) is 0 Å². The van der Waals surface area contributed by atoms with Crippen molar-refractivity contribution in [3.8, 4) is 0 Å². The summed E-state index contributed by atoms with van der Waals surface area (Å²) in [4.78, 5) is 36.6. The average molecular weight is 378 g/mol. The normalized spacial score (nSPS) is 14.1. The predicted octanol–water partition coefficient (Wildman–Crippen LogP) is 4.00. The molecule has 1 heterocycles. The number of carbonyl (C=O) groups is 3. The van der Waals surface area contributed by atoms with Crippen molar-refractivity contribution < 1.29 is 19.1 Å². The van der Waals surface area contributed by atoms with Crippen LogP contribution in [0.2, 0.25) is 10.0 Å². The molecule has 2 amide bonds. The first-order valence-electron chi connectivity index (χ1n) is 7.52. The molecule has 5 nitrogen and oxygen atoms in total. The third-order valence-electron chi connectivity index (χ3n) is 3.77. The number of ether oxygens (including phenoxy) is 1. The van der Waals surface area contributed by atoms with Crippen molar-refractivity contribution in [2.45, 2.75) is 19.4 Å². The monoisotopic (exact) mass is 377 g/mol. The van der Waals surface area contributed by atoms with Gasteiger partial charge in [-0.2, -0.15) is 0 Å². The van der Waals surface area contributed by atoms with Crippen LogP contribution in [0.15, 0.2) is 42.5 Å². The Labute approximate surface area is 154 Å². The molecule has 128 valence electrons. The standard InChI is InChI=1S/C18H13Cl2NO4/c19-14-6-1-11(9-15(14)20)10-25-18(24)12-2-4-13(5-3-12)21-16(22)7-8-17(21)23/h1-6,9H,7-8,10H2. The number of hydrogen-bond donors (Lipinski definition) is 0. The molecule has 0 aliphatic carbocycles. The van der Waals surface area contributed by atoms with Gasteiger partial charge in [-0.3, -0.25) is 14.5 Å². The van der Waals surface area contributed by atoms with Crippen molar-refractivity contribution >= 4 is 46.7 Å². The maximum absolute atomic E-state index is 12.1. The Morgan fingerprint density at radius 2 is 1.60 bits per heavy atom. The fourth-order valence-corrected chi connectivity index (χ4v) is 2.79. The molecule has 0 radical (unpaired) electrons. The first-order chi connectivity index (χ1) is 12.0. The minimum absolute atomic E-state index is 0.0561. The SMILES string of the molecule is O=C(OCc1ccc(Cl)c(Cl)c1)c1ccc(N2C(=O)CCC2=O)cc1. The maximum atomic E-state index is 12.1. The Balaban J connectivity index is 1.65. The van der Waals surface area contributed by atoms with Crippen LogP contribution in [0.4, 0.5) is 5.69 Å². The highest BCUT2D eigenvalue weighted by molar-refractivity contribution is 6.42. The summed E-state index contributed by atoms with van der Waals surface area (Å²) in [6.45, 7) is 0.0561. The first-order valence-corrected chi connectivity index (χ1v) is 8.28. The molecule has 0 saturated carbocycles. The van der Waals surface area contributed by atoms with E-state index in [4.69, 9.17) is 27.9 Å². The van der Waals surface area contributed by atoms with Gasteiger partial charge in [-0.05, 0) is 42.0 Å². The van der Waals surface area contributed by atoms with E-state index >= 15 is 0 Å². The van der Waals surface area contributed by atoms with Gasteiger partial charge in [-0.25, -0.2) is 4.79 Å². The van der Waals surface area contributed by atoms with Crippen LogP contribution in [-0.2, 0) is 20.9 Å². The summed E-state index contributed by atoms with van der Waals surface area (Å²) in [6, 6.07) is 11.1. The first kappa shape index (κ1) is 17.5. The van der Waals surface area contributed by atoms with E-state index in [0.717, 1.165) is 4.90 Å². The molecule has 3 rings (SSSR count). The van der Waals surface area contributed by atoms with Gasteiger partial charge in [0.2, 0.25) is 11.8 Å². The smallest absolute Gasteiger partial charge is 0.338 e. The van der Waals surface area contributed by atoms with E-state index in [1.807, 2.05) is 0 Å². The fraction of sp³-hybridized carbons (Fsp3) is 0.167. The number of nitrogens with zero attached hydrogens (tertiary/aromatic N) is 1. The molecular formula is C18H13Cl2NO4. The van der Waals surface area contributed by atoms with E-state index in [9.17, 15) is 14.4 Å². The quantitative estimate of drug-likeness (QED) is 0.596. The minimum atomic E-state index is -0.517. The summed E-state index contributed by atoms with van der Waals surface area (Å²) < 4.78 is 5.23. The summed E-state index contributed by atoms with van der Waals surface area (Å²) in [6.07, 6.45) is 0.429. The third kappa shape index (κ3) is 3.83. The van der Waals surface area contributed by atoms with Gasteiger partial charge in [-0.1, -0.05) is 29.3 Å². The lowest BCUT2D eigenvalue weighted by molar-refractivity contribution is -0.121. The summed E-state index contributed by atoms with van der Waals surface area (Å²) in [5.74, 6) is -0.989. The Morgan fingerprint density at radius 3 is 2.20 bits per heavy atom. The lowest BCUT2D eigenvalue weighted by Crippen LogP contribution is -2.28. The van der Waals surface area contributed by atoms with Crippen LogP contribution >= 0.6 is 23.2 Å². The van der Waals surface area contributed by atoms with Crippen LogP contribution in [-0.4, -0.2) is 17.8 Å². The predicted molar refractivity (Wildman–Crippen MR) is 93.8 cm³/mol. The van der Waals surface area contributed by atoms with Crippen molar-refractivity contribution in [3.63, 3.8) is 0 Å². The summed E-state index contributed by atoms with van der Waals surface area (Å²) in [5, 5.41) is 0.817. The van der Waals surface area contributed by atoms with E-state index in [1.165, 1.54) is 12.1 Å². The number of anilines is 1. The van der Waals surface area contributed by atoms with E-state index in [0.29, 0.717) is 26.9 Å². The highest BCUT2D eigenvalue weighted by Crippen LogP contribution is 2.24. The Morgan fingerprint density at radius 1 is 0.960 bits per heavy atom. The topological polar surface area (TPSA) is 63.7 Å². The Kier molecular flexibility index (Phi) is 5.06. The molecule has 2 aromatic carbocycles. The van der Waals surface area contributed by atoms with Gasteiger partial charge in [0.15, 0.2) is 0 Å². The van der Waals surface area contributed by atoms with Crippen LogP contribution in [0, 0.1) is 0 Å². The van der Waals surface area contributed by atoms with E-state index in [-0.39, 0.29) is 31.3 Å². The lowest BCUT2D eigenvalue weighted by Gasteiger charge is -2.14. The molecule has 1 saturated heterocycles. The summed E-state index contributed by atoms with van der Waals surface area (Å²) in [7, 11) is 0. The van der Waals surface area contributed by atoms with Gasteiger partial charge >= 0.3 is 5.97 Å². The van der Waals surface area contributed by atoms with Gasteiger partial charge in [0.25, 0.3) is 0 Å². The molecule has 0 aromatic heterocycles. The molecule has 1 fully saturated rings. The molecule has 7 heteroatoms. The highest BCUT2D eigenvalue weighted by atomic mass is 35.5. The molecule has 25 heavy (non-hydrogen) atoms. The molecule has 1 aliphatic heterocycles. The van der Waals surface area contributed by atoms with E-state index in [1.54, 1.807) is 30.3 Å². The van der Waals surface area contributed by atoms with Gasteiger partial charge in [0.1, 0.15) is 6.61 Å². The molecule has 0 spiro atoms. The van der Waals surface area contributed by atoms with Gasteiger partial charge in [-0.15, -0.1) is 0 Å². The Bertz CT molecular complexity index is 833. The fourth-order valence-electron chi connectivity index (χ4n) is 2.47. The second-order valence-electron chi connectivity index (χ2n) is 5.49. The van der Waals surface area contributed by atoms with Crippen LogP contribution < -0.4 is 4.90 Å². The molecule has 0 atom stereocenters. The molecule has 0 unspecified atom stereocenters.